The Labute approximate surface area is 85.5 Å². The molecule has 80 valence electrons. The largest absolute Gasteiger partial charge is 0.382 e. The highest BCUT2D eigenvalue weighted by Gasteiger charge is 2.15. The third-order valence-electron chi connectivity index (χ3n) is 2.19. The van der Waals surface area contributed by atoms with Gasteiger partial charge in [0.15, 0.2) is 5.82 Å². The molecular weight excluding hydrogens is 176 g/mol. The van der Waals surface area contributed by atoms with Gasteiger partial charge in [-0.3, -0.25) is 0 Å². The first kappa shape index (κ1) is 10.9. The minimum Gasteiger partial charge on any atom is -0.382 e. The number of hydrogen-bond acceptors (Lipinski definition) is 3. The summed E-state index contributed by atoms with van der Waals surface area (Å²) < 4.78 is 0. The van der Waals surface area contributed by atoms with E-state index in [1.165, 1.54) is 0 Å². The lowest BCUT2D eigenvalue weighted by Gasteiger charge is -2.26. The summed E-state index contributed by atoms with van der Waals surface area (Å²) in [4.78, 5) is 9.64. The van der Waals surface area contributed by atoms with E-state index in [1.54, 1.807) is 0 Å². The SMILES string of the molecule is CCCN(c1nc(C)[nH]c1N)C(C)C. The molecule has 0 aliphatic heterocycles. The summed E-state index contributed by atoms with van der Waals surface area (Å²) in [7, 11) is 0. The topological polar surface area (TPSA) is 57.9 Å². The molecule has 0 radical (unpaired) electrons. The minimum absolute atomic E-state index is 0.431. The van der Waals surface area contributed by atoms with Crippen molar-refractivity contribution in [2.24, 2.45) is 0 Å². The molecule has 1 rings (SSSR count). The molecule has 3 N–H and O–H groups in total. The van der Waals surface area contributed by atoms with E-state index < -0.39 is 0 Å². The van der Waals surface area contributed by atoms with Crippen molar-refractivity contribution in [3.8, 4) is 0 Å². The predicted molar refractivity (Wildman–Crippen MR) is 60.5 cm³/mol. The molecule has 0 amide bonds. The van der Waals surface area contributed by atoms with Gasteiger partial charge in [-0.05, 0) is 27.2 Å². The molecule has 0 spiro atoms. The van der Waals surface area contributed by atoms with Crippen molar-refractivity contribution in [1.82, 2.24) is 9.97 Å². The molecule has 0 fully saturated rings. The van der Waals surface area contributed by atoms with Gasteiger partial charge in [0.05, 0.1) is 0 Å². The Hall–Kier alpha value is -1.19. The van der Waals surface area contributed by atoms with E-state index in [0.717, 1.165) is 24.6 Å². The average molecular weight is 196 g/mol. The van der Waals surface area contributed by atoms with Gasteiger partial charge in [-0.1, -0.05) is 6.92 Å². The summed E-state index contributed by atoms with van der Waals surface area (Å²) in [5.74, 6) is 2.43. The average Bonchev–Trinajstić information content (AvgIpc) is 2.40. The molecule has 4 nitrogen and oxygen atoms in total. The fraction of sp³-hybridized carbons (Fsp3) is 0.700. The lowest BCUT2D eigenvalue weighted by atomic mass is 10.3. The van der Waals surface area contributed by atoms with Gasteiger partial charge in [-0.25, -0.2) is 4.98 Å². The molecule has 0 aliphatic carbocycles. The van der Waals surface area contributed by atoms with Crippen LogP contribution in [0.1, 0.15) is 33.0 Å². The molecule has 0 aromatic carbocycles. The van der Waals surface area contributed by atoms with Crippen LogP contribution in [0.15, 0.2) is 0 Å². The first-order valence-electron chi connectivity index (χ1n) is 5.15. The zero-order valence-electron chi connectivity index (χ0n) is 9.46. The Balaban J connectivity index is 2.92. The molecule has 0 saturated carbocycles. The van der Waals surface area contributed by atoms with Crippen LogP contribution in [0.3, 0.4) is 0 Å². The monoisotopic (exact) mass is 196 g/mol. The summed E-state index contributed by atoms with van der Waals surface area (Å²) in [6.45, 7) is 9.37. The first-order valence-corrected chi connectivity index (χ1v) is 5.15. The molecule has 0 aliphatic rings. The Kier molecular flexibility index (Phi) is 3.38. The van der Waals surface area contributed by atoms with Gasteiger partial charge in [0, 0.05) is 12.6 Å². The number of aromatic amines is 1. The fourth-order valence-corrected chi connectivity index (χ4v) is 1.57. The Morgan fingerprint density at radius 2 is 2.14 bits per heavy atom. The van der Waals surface area contributed by atoms with Crippen molar-refractivity contribution in [2.45, 2.75) is 40.2 Å². The Bertz CT molecular complexity index is 290. The second-order valence-corrected chi connectivity index (χ2v) is 3.85. The van der Waals surface area contributed by atoms with Crippen LogP contribution in [-0.2, 0) is 0 Å². The number of aromatic nitrogens is 2. The highest BCUT2D eigenvalue weighted by atomic mass is 15.2. The van der Waals surface area contributed by atoms with Crippen LogP contribution < -0.4 is 10.6 Å². The van der Waals surface area contributed by atoms with Crippen LogP contribution in [0.4, 0.5) is 11.6 Å². The van der Waals surface area contributed by atoms with Gasteiger partial charge in [-0.2, -0.15) is 0 Å². The van der Waals surface area contributed by atoms with E-state index in [1.807, 2.05) is 6.92 Å². The van der Waals surface area contributed by atoms with Crippen molar-refractivity contribution >= 4 is 11.6 Å². The summed E-state index contributed by atoms with van der Waals surface area (Å²) in [5, 5.41) is 0. The molecule has 0 bridgehead atoms. The normalized spacial score (nSPS) is 10.9. The molecule has 0 unspecified atom stereocenters. The lowest BCUT2D eigenvalue weighted by Crippen LogP contribution is -2.32. The zero-order valence-corrected chi connectivity index (χ0v) is 9.46. The zero-order chi connectivity index (χ0) is 10.7. The van der Waals surface area contributed by atoms with Crippen molar-refractivity contribution in [2.75, 3.05) is 17.2 Å². The molecular formula is C10H20N4. The van der Waals surface area contributed by atoms with Crippen LogP contribution in [0.25, 0.3) is 0 Å². The third-order valence-corrected chi connectivity index (χ3v) is 2.19. The number of nitrogens with two attached hydrogens (primary N) is 1. The van der Waals surface area contributed by atoms with Crippen molar-refractivity contribution < 1.29 is 0 Å². The second kappa shape index (κ2) is 4.35. The summed E-state index contributed by atoms with van der Waals surface area (Å²) in [5.41, 5.74) is 5.85. The number of aryl methyl sites for hydroxylation is 1. The molecule has 1 heterocycles. The summed E-state index contributed by atoms with van der Waals surface area (Å²) >= 11 is 0. The molecule has 0 atom stereocenters. The molecule has 1 aromatic rings. The van der Waals surface area contributed by atoms with E-state index in [-0.39, 0.29) is 0 Å². The number of anilines is 2. The minimum atomic E-state index is 0.431. The highest BCUT2D eigenvalue weighted by Crippen LogP contribution is 2.21. The van der Waals surface area contributed by atoms with E-state index in [4.69, 9.17) is 5.73 Å². The van der Waals surface area contributed by atoms with Crippen LogP contribution in [0.5, 0.6) is 0 Å². The Morgan fingerprint density at radius 1 is 1.50 bits per heavy atom. The van der Waals surface area contributed by atoms with Gasteiger partial charge in [0.1, 0.15) is 11.6 Å². The number of H-pyrrole nitrogens is 1. The Morgan fingerprint density at radius 3 is 2.50 bits per heavy atom. The third kappa shape index (κ3) is 2.19. The number of hydrogen-bond donors (Lipinski definition) is 2. The van der Waals surface area contributed by atoms with Crippen molar-refractivity contribution in [3.63, 3.8) is 0 Å². The number of rotatable bonds is 4. The smallest absolute Gasteiger partial charge is 0.171 e. The predicted octanol–water partition coefficient (Wildman–Crippen LogP) is 1.93. The van der Waals surface area contributed by atoms with Gasteiger partial charge in [0.2, 0.25) is 0 Å². The molecule has 0 saturated heterocycles. The molecule has 4 heteroatoms. The van der Waals surface area contributed by atoms with E-state index in [9.17, 15) is 0 Å². The van der Waals surface area contributed by atoms with Gasteiger partial charge < -0.3 is 15.6 Å². The van der Waals surface area contributed by atoms with Crippen LogP contribution in [0, 0.1) is 6.92 Å². The standard InChI is InChI=1S/C10H20N4/c1-5-6-14(7(2)3)10-9(11)12-8(4)13-10/h7H,5-6,11H2,1-4H3,(H,12,13). The summed E-state index contributed by atoms with van der Waals surface area (Å²) in [6, 6.07) is 0.431. The van der Waals surface area contributed by atoms with E-state index >= 15 is 0 Å². The number of nitrogens with zero attached hydrogens (tertiary/aromatic N) is 2. The number of imidazole rings is 1. The fourth-order valence-electron chi connectivity index (χ4n) is 1.57. The van der Waals surface area contributed by atoms with Gasteiger partial charge >= 0.3 is 0 Å². The quantitative estimate of drug-likeness (QED) is 0.773. The van der Waals surface area contributed by atoms with Gasteiger partial charge in [-0.15, -0.1) is 0 Å². The highest BCUT2D eigenvalue weighted by molar-refractivity contribution is 5.59. The second-order valence-electron chi connectivity index (χ2n) is 3.85. The van der Waals surface area contributed by atoms with E-state index in [2.05, 4.69) is 35.6 Å². The van der Waals surface area contributed by atoms with Crippen LogP contribution >= 0.6 is 0 Å². The first-order chi connectivity index (χ1) is 6.56. The van der Waals surface area contributed by atoms with E-state index in [0.29, 0.717) is 11.9 Å². The maximum absolute atomic E-state index is 5.85. The van der Waals surface area contributed by atoms with Crippen molar-refractivity contribution in [3.05, 3.63) is 5.82 Å². The van der Waals surface area contributed by atoms with Crippen LogP contribution in [0.2, 0.25) is 0 Å². The molecule has 1 aromatic heterocycles. The number of nitrogens with one attached hydrogen (secondary N) is 1. The number of nitrogen functional groups attached to an aromatic ring is 1. The van der Waals surface area contributed by atoms with Gasteiger partial charge in [0.25, 0.3) is 0 Å². The summed E-state index contributed by atoms with van der Waals surface area (Å²) in [6.07, 6.45) is 1.10. The lowest BCUT2D eigenvalue weighted by molar-refractivity contribution is 0.664. The molecule has 14 heavy (non-hydrogen) atoms. The van der Waals surface area contributed by atoms with Crippen LogP contribution in [-0.4, -0.2) is 22.6 Å². The maximum Gasteiger partial charge on any atom is 0.171 e. The van der Waals surface area contributed by atoms with Crippen molar-refractivity contribution in [1.29, 1.82) is 0 Å². The maximum atomic E-state index is 5.85.